The van der Waals surface area contributed by atoms with Gasteiger partial charge in [0.05, 0.1) is 22.8 Å². The SMILES string of the molecule is CCOC(=O)C1=C(C(F)(F)F)N=c2s/c(=C/c3ccc(OCc4ccccc4F)cc3OCc3ccccc3F)c(=O)n2[C@@H]1c1ccc(Cl)cc1. The maximum Gasteiger partial charge on any atom is 0.434 e. The summed E-state index contributed by atoms with van der Waals surface area (Å²) >= 11 is 6.72. The molecule has 51 heavy (non-hydrogen) atoms. The van der Waals surface area contributed by atoms with E-state index in [1.54, 1.807) is 24.3 Å². The van der Waals surface area contributed by atoms with E-state index in [0.717, 1.165) is 4.57 Å². The molecule has 1 aromatic heterocycles. The van der Waals surface area contributed by atoms with Crippen molar-refractivity contribution in [3.8, 4) is 11.5 Å². The van der Waals surface area contributed by atoms with Crippen molar-refractivity contribution in [2.24, 2.45) is 4.99 Å². The van der Waals surface area contributed by atoms with Crippen LogP contribution in [-0.2, 0) is 22.7 Å². The molecule has 4 aromatic carbocycles. The molecule has 0 aliphatic carbocycles. The summed E-state index contributed by atoms with van der Waals surface area (Å²) in [7, 11) is 0. The van der Waals surface area contributed by atoms with Crippen LogP contribution in [0.25, 0.3) is 6.08 Å². The molecule has 0 amide bonds. The fourth-order valence-electron chi connectivity index (χ4n) is 5.34. The highest BCUT2D eigenvalue weighted by atomic mass is 35.5. The second kappa shape index (κ2) is 14.9. The van der Waals surface area contributed by atoms with Crippen molar-refractivity contribution in [1.29, 1.82) is 0 Å². The standard InChI is InChI=1S/C37H26ClF5N2O5S/c1-2-48-35(47)31-32(21-11-14-25(38)15-12-21)45-34(46)30(51-36(45)44-33(31)37(41,42)43)17-22-13-16-26(49-19-23-7-3-5-9-27(23)39)18-29(22)50-20-24-8-4-6-10-28(24)40/h3-18,32H,2,19-20H2,1H3/b30-17+/t32-/m1/s1. The number of ether oxygens (including phenoxy) is 3. The zero-order valence-electron chi connectivity index (χ0n) is 26.5. The Kier molecular flexibility index (Phi) is 10.4. The van der Waals surface area contributed by atoms with Crippen molar-refractivity contribution in [3.63, 3.8) is 0 Å². The molecule has 0 fully saturated rings. The number of carbonyl (C=O) groups excluding carboxylic acids is 1. The fraction of sp³-hybridized carbons (Fsp3) is 0.162. The van der Waals surface area contributed by atoms with E-state index in [2.05, 4.69) is 4.99 Å². The van der Waals surface area contributed by atoms with E-state index in [4.69, 9.17) is 25.8 Å². The number of benzene rings is 4. The number of nitrogens with zero attached hydrogens (tertiary/aromatic N) is 2. The summed E-state index contributed by atoms with van der Waals surface area (Å²) in [5.41, 5.74) is -2.10. The first-order valence-corrected chi connectivity index (χ1v) is 16.6. The first-order chi connectivity index (χ1) is 24.4. The van der Waals surface area contributed by atoms with Gasteiger partial charge in [-0.15, -0.1) is 0 Å². The molecule has 1 aliphatic heterocycles. The van der Waals surface area contributed by atoms with Crippen molar-refractivity contribution in [1.82, 2.24) is 4.57 Å². The molecule has 0 bridgehead atoms. The largest absolute Gasteiger partial charge is 0.489 e. The number of halogens is 6. The van der Waals surface area contributed by atoms with E-state index >= 15 is 0 Å². The number of aromatic nitrogens is 1. The van der Waals surface area contributed by atoms with Crippen molar-refractivity contribution in [2.45, 2.75) is 32.4 Å². The van der Waals surface area contributed by atoms with Crippen molar-refractivity contribution < 1.29 is 41.0 Å². The van der Waals surface area contributed by atoms with Gasteiger partial charge in [-0.3, -0.25) is 9.36 Å². The number of fused-ring (bicyclic) bond motifs is 1. The zero-order valence-corrected chi connectivity index (χ0v) is 28.1. The zero-order chi connectivity index (χ0) is 36.3. The maximum absolute atomic E-state index is 14.5. The highest BCUT2D eigenvalue weighted by Gasteiger charge is 2.45. The normalized spacial score (nSPS) is 14.6. The topological polar surface area (TPSA) is 79.1 Å². The Hall–Kier alpha value is -5.27. The van der Waals surface area contributed by atoms with Crippen LogP contribution in [0, 0.1) is 11.6 Å². The lowest BCUT2D eigenvalue weighted by molar-refractivity contribution is -0.140. The smallest absolute Gasteiger partial charge is 0.434 e. The van der Waals surface area contributed by atoms with Gasteiger partial charge in [0.15, 0.2) is 10.5 Å². The van der Waals surface area contributed by atoms with E-state index in [9.17, 15) is 31.5 Å². The first kappa shape index (κ1) is 35.6. The molecule has 262 valence electrons. The van der Waals surface area contributed by atoms with Crippen LogP contribution in [0.2, 0.25) is 5.02 Å². The molecule has 0 saturated carbocycles. The van der Waals surface area contributed by atoms with E-state index in [0.29, 0.717) is 22.5 Å². The molecule has 0 radical (unpaired) electrons. The Labute approximate surface area is 296 Å². The van der Waals surface area contributed by atoms with Crippen LogP contribution in [-0.4, -0.2) is 23.3 Å². The molecule has 5 aromatic rings. The van der Waals surface area contributed by atoms with E-state index in [1.807, 2.05) is 0 Å². The van der Waals surface area contributed by atoms with Gasteiger partial charge in [0.25, 0.3) is 5.56 Å². The van der Waals surface area contributed by atoms with Gasteiger partial charge >= 0.3 is 12.1 Å². The molecular weight excluding hydrogens is 715 g/mol. The number of rotatable bonds is 10. The Bertz CT molecular complexity index is 2320. The van der Waals surface area contributed by atoms with Gasteiger partial charge in [-0.2, -0.15) is 13.2 Å². The molecular formula is C37H26ClF5N2O5S. The van der Waals surface area contributed by atoms with Crippen LogP contribution < -0.4 is 24.4 Å². The van der Waals surface area contributed by atoms with Gasteiger partial charge in [-0.25, -0.2) is 18.6 Å². The minimum atomic E-state index is -5.08. The van der Waals surface area contributed by atoms with Crippen molar-refractivity contribution in [2.75, 3.05) is 6.61 Å². The van der Waals surface area contributed by atoms with Crippen LogP contribution in [0.5, 0.6) is 11.5 Å². The first-order valence-electron chi connectivity index (χ1n) is 15.4. The number of hydrogen-bond donors (Lipinski definition) is 0. The fourth-order valence-corrected chi connectivity index (χ4v) is 6.46. The Balaban J connectivity index is 1.48. The third-order valence-electron chi connectivity index (χ3n) is 7.75. The lowest BCUT2D eigenvalue weighted by atomic mass is 9.95. The van der Waals surface area contributed by atoms with Gasteiger partial charge in [-0.05, 0) is 55.0 Å². The number of esters is 1. The van der Waals surface area contributed by atoms with Crippen LogP contribution in [0.1, 0.15) is 35.2 Å². The molecule has 6 rings (SSSR count). The Morgan fingerprint density at radius 2 is 1.55 bits per heavy atom. The van der Waals surface area contributed by atoms with Crippen LogP contribution in [0.4, 0.5) is 22.0 Å². The minimum absolute atomic E-state index is 0.0462. The van der Waals surface area contributed by atoms with Gasteiger partial charge < -0.3 is 14.2 Å². The lowest BCUT2D eigenvalue weighted by Gasteiger charge is -2.26. The maximum atomic E-state index is 14.5. The molecule has 1 aliphatic rings. The summed E-state index contributed by atoms with van der Waals surface area (Å²) in [6.07, 6.45) is -3.68. The summed E-state index contributed by atoms with van der Waals surface area (Å²) in [5.74, 6) is -1.86. The lowest BCUT2D eigenvalue weighted by Crippen LogP contribution is -2.41. The second-order valence-corrected chi connectivity index (χ2v) is 12.5. The van der Waals surface area contributed by atoms with Crippen LogP contribution in [0.3, 0.4) is 0 Å². The van der Waals surface area contributed by atoms with Crippen molar-refractivity contribution in [3.05, 3.63) is 161 Å². The number of carbonyl (C=O) groups is 1. The predicted molar refractivity (Wildman–Crippen MR) is 180 cm³/mol. The predicted octanol–water partition coefficient (Wildman–Crippen LogP) is 7.43. The number of thiazole rings is 1. The Morgan fingerprint density at radius 3 is 2.16 bits per heavy atom. The molecule has 14 heteroatoms. The van der Waals surface area contributed by atoms with Crippen LogP contribution in [0.15, 0.2) is 112 Å². The monoisotopic (exact) mass is 740 g/mol. The molecule has 0 saturated heterocycles. The molecule has 0 spiro atoms. The van der Waals surface area contributed by atoms with Crippen LogP contribution >= 0.6 is 22.9 Å². The number of allylic oxidation sites excluding steroid dienone is 1. The highest BCUT2D eigenvalue weighted by Crippen LogP contribution is 2.38. The molecule has 0 unspecified atom stereocenters. The Morgan fingerprint density at radius 1 is 0.922 bits per heavy atom. The summed E-state index contributed by atoms with van der Waals surface area (Å²) in [5, 5.41) is 0.285. The van der Waals surface area contributed by atoms with Gasteiger partial charge in [-0.1, -0.05) is 71.5 Å². The summed E-state index contributed by atoms with van der Waals surface area (Å²) in [4.78, 5) is 30.7. The van der Waals surface area contributed by atoms with Gasteiger partial charge in [0.1, 0.15) is 36.3 Å². The molecule has 2 heterocycles. The summed E-state index contributed by atoms with van der Waals surface area (Å²) < 4.78 is 89.9. The van der Waals surface area contributed by atoms with Gasteiger partial charge in [0, 0.05) is 27.8 Å². The van der Waals surface area contributed by atoms with Gasteiger partial charge in [0.2, 0.25) is 0 Å². The van der Waals surface area contributed by atoms with E-state index in [1.165, 1.54) is 79.7 Å². The van der Waals surface area contributed by atoms with Crippen molar-refractivity contribution >= 4 is 35.0 Å². The number of hydrogen-bond acceptors (Lipinski definition) is 7. The molecule has 1 atom stereocenters. The number of alkyl halides is 3. The third-order valence-corrected chi connectivity index (χ3v) is 8.98. The molecule has 0 N–H and O–H groups in total. The third kappa shape index (κ3) is 7.74. The quantitative estimate of drug-likeness (QED) is 0.110. The van der Waals surface area contributed by atoms with E-state index in [-0.39, 0.29) is 56.8 Å². The summed E-state index contributed by atoms with van der Waals surface area (Å²) in [6.45, 7) is 0.883. The molecule has 7 nitrogen and oxygen atoms in total. The average Bonchev–Trinajstić information content (AvgIpc) is 3.41. The average molecular weight is 741 g/mol. The second-order valence-electron chi connectivity index (χ2n) is 11.1. The van der Waals surface area contributed by atoms with E-state index < -0.39 is 46.7 Å². The minimum Gasteiger partial charge on any atom is -0.489 e. The summed E-state index contributed by atoms with van der Waals surface area (Å²) in [6, 6.07) is 20.7. The highest BCUT2D eigenvalue weighted by molar-refractivity contribution is 7.07.